The van der Waals surface area contributed by atoms with Gasteiger partial charge < -0.3 is 20.3 Å². The summed E-state index contributed by atoms with van der Waals surface area (Å²) in [4.78, 5) is 24.5. The van der Waals surface area contributed by atoms with E-state index in [1.807, 2.05) is 6.08 Å². The zero-order valence-electron chi connectivity index (χ0n) is 49.1. The molecule has 0 aliphatic rings. The van der Waals surface area contributed by atoms with E-state index in [1.54, 1.807) is 6.08 Å². The first-order valence-corrected chi connectivity index (χ1v) is 32.8. The van der Waals surface area contributed by atoms with E-state index >= 15 is 0 Å². The van der Waals surface area contributed by atoms with Crippen molar-refractivity contribution in [3.05, 3.63) is 36.5 Å². The number of amides is 1. The van der Waals surface area contributed by atoms with Gasteiger partial charge in [-0.15, -0.1) is 0 Å². The molecule has 6 nitrogen and oxygen atoms in total. The third-order valence-electron chi connectivity index (χ3n) is 15.1. The molecule has 0 saturated heterocycles. The number of allylic oxidation sites excluding steroid dienone is 5. The molecule has 0 saturated carbocycles. The molecule has 1 amide bonds. The van der Waals surface area contributed by atoms with E-state index in [2.05, 4.69) is 43.5 Å². The molecule has 6 heteroatoms. The molecular formula is C67H127NO5. The summed E-state index contributed by atoms with van der Waals surface area (Å²) in [5.74, 6) is -0.0597. The molecule has 2 unspecified atom stereocenters. The summed E-state index contributed by atoms with van der Waals surface area (Å²) in [6.45, 7) is 4.91. The molecule has 0 aromatic rings. The monoisotopic (exact) mass is 1030 g/mol. The lowest BCUT2D eigenvalue weighted by molar-refractivity contribution is -0.143. The minimum Gasteiger partial charge on any atom is -0.466 e. The lowest BCUT2D eigenvalue weighted by atomic mass is 10.0. The fraction of sp³-hybridized carbons (Fsp3) is 0.881. The largest absolute Gasteiger partial charge is 0.466 e. The van der Waals surface area contributed by atoms with Crippen molar-refractivity contribution in [3.63, 3.8) is 0 Å². The Morgan fingerprint density at radius 2 is 0.644 bits per heavy atom. The van der Waals surface area contributed by atoms with Crippen LogP contribution in [0.3, 0.4) is 0 Å². The minimum absolute atomic E-state index is 0.00815. The number of aliphatic hydroxyl groups is 2. The van der Waals surface area contributed by atoms with Crippen molar-refractivity contribution in [2.75, 3.05) is 13.2 Å². The average molecular weight is 1030 g/mol. The quantitative estimate of drug-likeness (QED) is 0.0320. The lowest BCUT2D eigenvalue weighted by Crippen LogP contribution is -2.45. The first-order valence-electron chi connectivity index (χ1n) is 32.8. The number of unbranched alkanes of at least 4 members (excludes halogenated alkanes) is 46. The third-order valence-corrected chi connectivity index (χ3v) is 15.1. The van der Waals surface area contributed by atoms with Crippen LogP contribution in [-0.4, -0.2) is 47.4 Å². The van der Waals surface area contributed by atoms with E-state index < -0.39 is 12.1 Å². The number of carbonyl (C=O) groups excluding carboxylic acids is 2. The Labute approximate surface area is 455 Å². The van der Waals surface area contributed by atoms with Crippen LogP contribution >= 0.6 is 0 Å². The van der Waals surface area contributed by atoms with E-state index in [4.69, 9.17) is 4.74 Å². The Morgan fingerprint density at radius 1 is 0.370 bits per heavy atom. The summed E-state index contributed by atoms with van der Waals surface area (Å²) in [5.41, 5.74) is 0. The number of rotatable bonds is 61. The molecule has 0 aliphatic heterocycles. The number of ether oxygens (including phenoxy) is 1. The predicted molar refractivity (Wildman–Crippen MR) is 319 cm³/mol. The summed E-state index contributed by atoms with van der Waals surface area (Å²) < 4.78 is 5.49. The van der Waals surface area contributed by atoms with Gasteiger partial charge in [0.1, 0.15) is 0 Å². The number of hydrogen-bond donors (Lipinski definition) is 3. The van der Waals surface area contributed by atoms with Crippen molar-refractivity contribution < 1.29 is 24.5 Å². The molecular weight excluding hydrogens is 899 g/mol. The van der Waals surface area contributed by atoms with Crippen LogP contribution in [0.2, 0.25) is 0 Å². The molecule has 0 rings (SSSR count). The predicted octanol–water partition coefficient (Wildman–Crippen LogP) is 20.8. The fourth-order valence-corrected chi connectivity index (χ4v) is 10.1. The maximum Gasteiger partial charge on any atom is 0.305 e. The Kier molecular flexibility index (Phi) is 61.0. The highest BCUT2D eigenvalue weighted by Gasteiger charge is 2.18. The minimum atomic E-state index is -0.843. The second-order valence-electron chi connectivity index (χ2n) is 22.4. The molecule has 430 valence electrons. The highest BCUT2D eigenvalue weighted by atomic mass is 16.5. The average Bonchev–Trinajstić information content (AvgIpc) is 3.39. The molecule has 0 aromatic heterocycles. The normalized spacial score (nSPS) is 12.8. The Balaban J connectivity index is 3.38. The van der Waals surface area contributed by atoms with Crippen LogP contribution < -0.4 is 5.32 Å². The van der Waals surface area contributed by atoms with Gasteiger partial charge in [-0.05, 0) is 83.5 Å². The summed E-state index contributed by atoms with van der Waals surface area (Å²) in [6.07, 6.45) is 79.2. The summed E-state index contributed by atoms with van der Waals surface area (Å²) >= 11 is 0. The molecule has 0 radical (unpaired) electrons. The molecule has 0 heterocycles. The van der Waals surface area contributed by atoms with Crippen LogP contribution in [0, 0.1) is 0 Å². The van der Waals surface area contributed by atoms with Gasteiger partial charge in [-0.25, -0.2) is 0 Å². The first kappa shape index (κ1) is 71.1. The van der Waals surface area contributed by atoms with Gasteiger partial charge in [0.15, 0.2) is 0 Å². The molecule has 2 atom stereocenters. The van der Waals surface area contributed by atoms with E-state index in [-0.39, 0.29) is 18.5 Å². The van der Waals surface area contributed by atoms with E-state index in [9.17, 15) is 19.8 Å². The molecule has 0 fully saturated rings. The third kappa shape index (κ3) is 59.2. The van der Waals surface area contributed by atoms with Gasteiger partial charge in [0.25, 0.3) is 0 Å². The van der Waals surface area contributed by atoms with E-state index in [0.717, 1.165) is 44.9 Å². The highest BCUT2D eigenvalue weighted by Crippen LogP contribution is 2.17. The van der Waals surface area contributed by atoms with Gasteiger partial charge in [0.05, 0.1) is 25.4 Å². The van der Waals surface area contributed by atoms with Crippen LogP contribution in [0.4, 0.5) is 0 Å². The first-order chi connectivity index (χ1) is 36.0. The van der Waals surface area contributed by atoms with Gasteiger partial charge in [-0.1, -0.05) is 294 Å². The smallest absolute Gasteiger partial charge is 0.305 e. The molecule has 73 heavy (non-hydrogen) atoms. The molecule has 3 N–H and O–H groups in total. The van der Waals surface area contributed by atoms with Crippen LogP contribution in [0.5, 0.6) is 0 Å². The van der Waals surface area contributed by atoms with E-state index in [1.165, 1.54) is 283 Å². The topological polar surface area (TPSA) is 95.9 Å². The molecule has 0 aromatic carbocycles. The zero-order chi connectivity index (χ0) is 52.9. The van der Waals surface area contributed by atoms with E-state index in [0.29, 0.717) is 19.4 Å². The Morgan fingerprint density at radius 3 is 0.973 bits per heavy atom. The SMILES string of the molecule is CCCCCCCCC/C=C\CCCCCCCC(=O)OCCCCCCCCCCCCCC/C=C\CCCCCCCCCCCCCCC(=O)NC(CO)C(O)/C=C/CCCCCCCCCCCC. The van der Waals surface area contributed by atoms with Crippen molar-refractivity contribution in [3.8, 4) is 0 Å². The zero-order valence-corrected chi connectivity index (χ0v) is 49.1. The number of hydrogen-bond acceptors (Lipinski definition) is 5. The molecule has 0 bridgehead atoms. The standard InChI is InChI=1S/C67H127NO5/c1-3-5-7-9-11-13-15-17-18-34-37-41-45-49-53-57-61-67(72)73-62-58-54-50-46-42-38-35-32-30-28-26-24-22-20-19-21-23-25-27-29-31-33-36-40-44-48-52-56-60-66(71)68-64(63-69)65(70)59-55-51-47-43-39-16-14-12-10-8-6-4-2/h18-20,34,55,59,64-65,69-70H,3-17,21-33,35-54,56-58,60-63H2,1-2H3,(H,68,71)/b20-19-,34-18-,59-55+. The number of nitrogens with one attached hydrogen (secondary N) is 1. The van der Waals surface area contributed by atoms with Gasteiger partial charge in [-0.2, -0.15) is 0 Å². The number of carbonyl (C=O) groups is 2. The second kappa shape index (κ2) is 62.6. The summed E-state index contributed by atoms with van der Waals surface area (Å²) in [6, 6.07) is -0.627. The second-order valence-corrected chi connectivity index (χ2v) is 22.4. The summed E-state index contributed by atoms with van der Waals surface area (Å²) in [5, 5.41) is 23.1. The highest BCUT2D eigenvalue weighted by molar-refractivity contribution is 5.76. The Bertz CT molecular complexity index is 1180. The number of esters is 1. The van der Waals surface area contributed by atoms with Crippen LogP contribution in [0.25, 0.3) is 0 Å². The molecule has 0 spiro atoms. The number of aliphatic hydroxyl groups excluding tert-OH is 2. The van der Waals surface area contributed by atoms with Crippen molar-refractivity contribution in [1.82, 2.24) is 5.32 Å². The Hall–Kier alpha value is -1.92. The maximum atomic E-state index is 12.4. The van der Waals surface area contributed by atoms with Crippen molar-refractivity contribution in [1.29, 1.82) is 0 Å². The van der Waals surface area contributed by atoms with Crippen molar-refractivity contribution >= 4 is 11.9 Å². The molecule has 0 aliphatic carbocycles. The van der Waals surface area contributed by atoms with Crippen LogP contribution in [-0.2, 0) is 14.3 Å². The van der Waals surface area contributed by atoms with Crippen molar-refractivity contribution in [2.45, 2.75) is 366 Å². The van der Waals surface area contributed by atoms with Gasteiger partial charge in [-0.3, -0.25) is 9.59 Å². The van der Waals surface area contributed by atoms with Crippen molar-refractivity contribution in [2.24, 2.45) is 0 Å². The summed E-state index contributed by atoms with van der Waals surface area (Å²) in [7, 11) is 0. The van der Waals surface area contributed by atoms with Crippen LogP contribution in [0.1, 0.15) is 354 Å². The van der Waals surface area contributed by atoms with Gasteiger partial charge >= 0.3 is 5.97 Å². The lowest BCUT2D eigenvalue weighted by Gasteiger charge is -2.20. The van der Waals surface area contributed by atoms with Crippen LogP contribution in [0.15, 0.2) is 36.5 Å². The van der Waals surface area contributed by atoms with Gasteiger partial charge in [0.2, 0.25) is 5.91 Å². The maximum absolute atomic E-state index is 12.4. The fourth-order valence-electron chi connectivity index (χ4n) is 10.1. The van der Waals surface area contributed by atoms with Gasteiger partial charge in [0, 0.05) is 12.8 Å².